The zero-order valence-corrected chi connectivity index (χ0v) is 18.0. The minimum Gasteiger partial charge on any atom is -0.384 e. The Hall–Kier alpha value is -2.42. The molecular formula is C21H30N4O3S. The van der Waals surface area contributed by atoms with Crippen molar-refractivity contribution in [3.63, 3.8) is 0 Å². The predicted molar refractivity (Wildman–Crippen MR) is 116 cm³/mol. The topological polar surface area (TPSA) is 103 Å². The molecule has 0 aliphatic carbocycles. The van der Waals surface area contributed by atoms with Gasteiger partial charge in [-0.1, -0.05) is 48.0 Å². The monoisotopic (exact) mass is 418 g/mol. The average molecular weight is 419 g/mol. The Morgan fingerprint density at radius 2 is 1.69 bits per heavy atom. The molecule has 0 aliphatic rings. The van der Waals surface area contributed by atoms with Crippen molar-refractivity contribution in [2.45, 2.75) is 31.3 Å². The summed E-state index contributed by atoms with van der Waals surface area (Å²) < 4.78 is 27.2. The van der Waals surface area contributed by atoms with E-state index in [-0.39, 0.29) is 18.0 Å². The molecule has 0 amide bonds. The van der Waals surface area contributed by atoms with Crippen molar-refractivity contribution in [1.82, 2.24) is 15.4 Å². The van der Waals surface area contributed by atoms with Crippen LogP contribution >= 0.6 is 0 Å². The molecule has 2 aromatic rings. The van der Waals surface area contributed by atoms with E-state index in [9.17, 15) is 13.5 Å². The molecule has 0 radical (unpaired) electrons. The molecule has 0 heterocycles. The summed E-state index contributed by atoms with van der Waals surface area (Å²) in [5.41, 5.74) is 0.686. The largest absolute Gasteiger partial charge is 0.384 e. The molecule has 2 rings (SSSR count). The van der Waals surface area contributed by atoms with Crippen molar-refractivity contribution < 1.29 is 13.5 Å². The molecule has 0 spiro atoms. The molecule has 0 fully saturated rings. The van der Waals surface area contributed by atoms with Crippen LogP contribution in [0.5, 0.6) is 0 Å². The van der Waals surface area contributed by atoms with Crippen molar-refractivity contribution in [3.8, 4) is 0 Å². The number of guanidine groups is 1. The Kier molecular flexibility index (Phi) is 8.19. The van der Waals surface area contributed by atoms with Crippen LogP contribution in [0, 0.1) is 6.92 Å². The molecule has 1 unspecified atom stereocenters. The van der Waals surface area contributed by atoms with Gasteiger partial charge in [0.25, 0.3) is 0 Å². The van der Waals surface area contributed by atoms with Gasteiger partial charge in [-0.15, -0.1) is 0 Å². The number of aryl methyl sites for hydroxylation is 1. The molecule has 0 saturated carbocycles. The molecule has 158 valence electrons. The van der Waals surface area contributed by atoms with Gasteiger partial charge in [0.2, 0.25) is 10.0 Å². The van der Waals surface area contributed by atoms with E-state index in [2.05, 4.69) is 20.3 Å². The predicted octanol–water partition coefficient (Wildman–Crippen LogP) is 1.74. The van der Waals surface area contributed by atoms with Gasteiger partial charge < -0.3 is 15.7 Å². The fourth-order valence-electron chi connectivity index (χ4n) is 2.63. The van der Waals surface area contributed by atoms with Gasteiger partial charge in [-0.05, 0) is 38.5 Å². The first-order valence-corrected chi connectivity index (χ1v) is 11.1. The van der Waals surface area contributed by atoms with Gasteiger partial charge in [0.1, 0.15) is 5.60 Å². The van der Waals surface area contributed by atoms with E-state index in [1.54, 1.807) is 31.2 Å². The first-order chi connectivity index (χ1) is 13.7. The summed E-state index contributed by atoms with van der Waals surface area (Å²) in [4.78, 5) is 4.67. The van der Waals surface area contributed by atoms with Crippen LogP contribution in [-0.4, -0.2) is 45.7 Å². The lowest BCUT2D eigenvalue weighted by atomic mass is 9.96. The van der Waals surface area contributed by atoms with Crippen LogP contribution in [0.1, 0.15) is 25.0 Å². The Bertz CT molecular complexity index is 895. The molecule has 2 aromatic carbocycles. The number of nitrogens with zero attached hydrogens (tertiary/aromatic N) is 1. The van der Waals surface area contributed by atoms with E-state index in [4.69, 9.17) is 0 Å². The fraction of sp³-hybridized carbons (Fsp3) is 0.381. The second-order valence-electron chi connectivity index (χ2n) is 6.97. The number of hydrogen-bond acceptors (Lipinski definition) is 4. The number of hydrogen-bond donors (Lipinski definition) is 4. The number of sulfonamides is 1. The van der Waals surface area contributed by atoms with Crippen molar-refractivity contribution in [1.29, 1.82) is 0 Å². The lowest BCUT2D eigenvalue weighted by molar-refractivity contribution is 0.0672. The van der Waals surface area contributed by atoms with E-state index in [0.717, 1.165) is 11.1 Å². The van der Waals surface area contributed by atoms with Crippen LogP contribution in [-0.2, 0) is 15.6 Å². The highest BCUT2D eigenvalue weighted by Crippen LogP contribution is 2.20. The zero-order valence-electron chi connectivity index (χ0n) is 17.1. The summed E-state index contributed by atoms with van der Waals surface area (Å²) in [7, 11) is -3.55. The maximum atomic E-state index is 12.3. The second kappa shape index (κ2) is 10.4. The number of rotatable bonds is 9. The van der Waals surface area contributed by atoms with Gasteiger partial charge in [-0.3, -0.25) is 0 Å². The normalized spacial score (nSPS) is 14.3. The van der Waals surface area contributed by atoms with Gasteiger partial charge in [-0.25, -0.2) is 18.1 Å². The maximum Gasteiger partial charge on any atom is 0.240 e. The van der Waals surface area contributed by atoms with Crippen molar-refractivity contribution in [2.75, 3.05) is 26.2 Å². The summed E-state index contributed by atoms with van der Waals surface area (Å²) >= 11 is 0. The zero-order chi connectivity index (χ0) is 21.3. The smallest absolute Gasteiger partial charge is 0.240 e. The third kappa shape index (κ3) is 7.16. The lowest BCUT2D eigenvalue weighted by Gasteiger charge is -2.22. The Labute approximate surface area is 173 Å². The van der Waals surface area contributed by atoms with Gasteiger partial charge in [0, 0.05) is 19.6 Å². The van der Waals surface area contributed by atoms with E-state index < -0.39 is 15.6 Å². The average Bonchev–Trinajstić information content (AvgIpc) is 2.70. The quantitative estimate of drug-likeness (QED) is 0.282. The second-order valence-corrected chi connectivity index (χ2v) is 8.74. The minimum absolute atomic E-state index is 0.168. The lowest BCUT2D eigenvalue weighted by Crippen LogP contribution is -2.42. The molecule has 0 aromatic heterocycles. The summed E-state index contributed by atoms with van der Waals surface area (Å²) in [6, 6.07) is 16.1. The van der Waals surface area contributed by atoms with Crippen LogP contribution in [0.15, 0.2) is 64.5 Å². The molecule has 7 nitrogen and oxygen atoms in total. The molecular weight excluding hydrogens is 388 g/mol. The van der Waals surface area contributed by atoms with Crippen molar-refractivity contribution in [2.24, 2.45) is 4.99 Å². The van der Waals surface area contributed by atoms with Crippen LogP contribution in [0.3, 0.4) is 0 Å². The third-order valence-corrected chi connectivity index (χ3v) is 5.80. The maximum absolute atomic E-state index is 12.3. The molecule has 29 heavy (non-hydrogen) atoms. The summed E-state index contributed by atoms with van der Waals surface area (Å²) in [6.45, 7) is 6.93. The number of nitrogens with one attached hydrogen (secondary N) is 3. The summed E-state index contributed by atoms with van der Waals surface area (Å²) in [5.74, 6) is 0.512. The number of aliphatic hydroxyl groups is 1. The molecule has 0 saturated heterocycles. The highest BCUT2D eigenvalue weighted by molar-refractivity contribution is 7.89. The molecule has 0 aliphatic heterocycles. The molecule has 8 heteroatoms. The van der Waals surface area contributed by atoms with Crippen molar-refractivity contribution >= 4 is 16.0 Å². The molecule has 1 atom stereocenters. The van der Waals surface area contributed by atoms with E-state index in [1.165, 1.54) is 0 Å². The first kappa shape index (κ1) is 22.9. The van der Waals surface area contributed by atoms with Crippen LogP contribution in [0.2, 0.25) is 0 Å². The van der Waals surface area contributed by atoms with Crippen LogP contribution in [0.25, 0.3) is 0 Å². The van der Waals surface area contributed by atoms with Gasteiger partial charge in [0.15, 0.2) is 5.96 Å². The summed E-state index contributed by atoms with van der Waals surface area (Å²) in [5, 5.41) is 16.8. The number of aliphatic imine (C=N–C) groups is 1. The van der Waals surface area contributed by atoms with Gasteiger partial charge in [-0.2, -0.15) is 0 Å². The summed E-state index contributed by atoms with van der Waals surface area (Å²) in [6.07, 6.45) is 0. The molecule has 0 bridgehead atoms. The minimum atomic E-state index is -3.55. The Morgan fingerprint density at radius 3 is 2.31 bits per heavy atom. The standard InChI is InChI=1S/C21H30N4O3S/c1-4-22-20(24-16-21(3,26)18-8-6-5-7-9-18)23-14-15-25-29(27,28)19-12-10-17(2)11-13-19/h5-13,25-26H,4,14-16H2,1-3H3,(H2,22,23,24). The van der Waals surface area contributed by atoms with Gasteiger partial charge >= 0.3 is 0 Å². The molecule has 4 N–H and O–H groups in total. The van der Waals surface area contributed by atoms with Crippen LogP contribution in [0.4, 0.5) is 0 Å². The van der Waals surface area contributed by atoms with Crippen molar-refractivity contribution in [3.05, 3.63) is 65.7 Å². The highest BCUT2D eigenvalue weighted by atomic mass is 32.2. The SMILES string of the molecule is CCNC(=NCC(C)(O)c1ccccc1)NCCNS(=O)(=O)c1ccc(C)cc1. The van der Waals surface area contributed by atoms with Gasteiger partial charge in [0.05, 0.1) is 11.4 Å². The highest BCUT2D eigenvalue weighted by Gasteiger charge is 2.22. The fourth-order valence-corrected chi connectivity index (χ4v) is 3.66. The Morgan fingerprint density at radius 1 is 1.03 bits per heavy atom. The van der Waals surface area contributed by atoms with E-state index in [0.29, 0.717) is 19.0 Å². The first-order valence-electron chi connectivity index (χ1n) is 9.61. The van der Waals surface area contributed by atoms with E-state index in [1.807, 2.05) is 44.2 Å². The van der Waals surface area contributed by atoms with E-state index >= 15 is 0 Å². The number of benzene rings is 2. The Balaban J connectivity index is 1.90. The van der Waals surface area contributed by atoms with Crippen LogP contribution < -0.4 is 15.4 Å². The third-order valence-electron chi connectivity index (χ3n) is 4.33.